The lowest BCUT2D eigenvalue weighted by Crippen LogP contribution is -2.08. The summed E-state index contributed by atoms with van der Waals surface area (Å²) < 4.78 is 0. The summed E-state index contributed by atoms with van der Waals surface area (Å²) in [6.45, 7) is 7.97. The number of fused-ring (bicyclic) bond motifs is 1. The molecule has 0 aliphatic rings. The van der Waals surface area contributed by atoms with Crippen LogP contribution in [0.5, 0.6) is 0 Å². The monoisotopic (exact) mass is 259 g/mol. The van der Waals surface area contributed by atoms with E-state index in [2.05, 4.69) is 21.5 Å². The van der Waals surface area contributed by atoms with Crippen molar-refractivity contribution in [1.82, 2.24) is 4.98 Å². The minimum atomic E-state index is 0.988. The fourth-order valence-electron chi connectivity index (χ4n) is 1.91. The van der Waals surface area contributed by atoms with Gasteiger partial charge < -0.3 is 4.90 Å². The Hall–Kier alpha value is -1.68. The van der Waals surface area contributed by atoms with Gasteiger partial charge in [0.1, 0.15) is 4.83 Å². The molecule has 0 N–H and O–H groups in total. The number of rotatable bonds is 3. The highest BCUT2D eigenvalue weighted by Crippen LogP contribution is 2.44. The van der Waals surface area contributed by atoms with E-state index in [4.69, 9.17) is 0 Å². The molecule has 0 bridgehead atoms. The summed E-state index contributed by atoms with van der Waals surface area (Å²) in [4.78, 5) is 13.2. The molecule has 4 heteroatoms. The van der Waals surface area contributed by atoms with E-state index in [9.17, 15) is 0 Å². The standard InChI is InChI=1S/C14H17N3S/c1-6-15-12-11-10(17(4)5)7-8-16-14(11)18-13(12)9(2)3/h6-8H,2H2,1,3-5H3. The Morgan fingerprint density at radius 1 is 1.50 bits per heavy atom. The van der Waals surface area contributed by atoms with Crippen molar-refractivity contribution in [3.05, 3.63) is 23.7 Å². The first-order valence-electron chi connectivity index (χ1n) is 5.79. The van der Waals surface area contributed by atoms with Crippen molar-refractivity contribution in [1.29, 1.82) is 0 Å². The van der Waals surface area contributed by atoms with E-state index in [0.29, 0.717) is 0 Å². The van der Waals surface area contributed by atoms with Gasteiger partial charge in [-0.05, 0) is 25.5 Å². The van der Waals surface area contributed by atoms with Crippen molar-refractivity contribution in [3.63, 3.8) is 0 Å². The Kier molecular flexibility index (Phi) is 3.48. The van der Waals surface area contributed by atoms with Gasteiger partial charge in [-0.25, -0.2) is 4.98 Å². The molecule has 2 aromatic rings. The van der Waals surface area contributed by atoms with Crippen molar-refractivity contribution in [2.45, 2.75) is 13.8 Å². The van der Waals surface area contributed by atoms with Crippen LogP contribution in [0.15, 0.2) is 23.8 Å². The van der Waals surface area contributed by atoms with Gasteiger partial charge in [0, 0.05) is 26.5 Å². The Bertz CT molecular complexity index is 623. The van der Waals surface area contributed by atoms with Gasteiger partial charge in [-0.1, -0.05) is 6.58 Å². The topological polar surface area (TPSA) is 28.5 Å². The highest BCUT2D eigenvalue weighted by Gasteiger charge is 2.16. The second kappa shape index (κ2) is 4.90. The number of thiophene rings is 1. The van der Waals surface area contributed by atoms with Crippen LogP contribution in [0, 0.1) is 0 Å². The lowest BCUT2D eigenvalue weighted by molar-refractivity contribution is 1.14. The molecule has 0 aliphatic carbocycles. The van der Waals surface area contributed by atoms with E-state index in [1.807, 2.05) is 46.4 Å². The molecule has 0 unspecified atom stereocenters. The summed E-state index contributed by atoms with van der Waals surface area (Å²) in [6, 6.07) is 2.02. The van der Waals surface area contributed by atoms with Crippen molar-refractivity contribution in [3.8, 4) is 0 Å². The van der Waals surface area contributed by atoms with Crippen molar-refractivity contribution >= 4 is 44.7 Å². The van der Waals surface area contributed by atoms with E-state index in [0.717, 1.165) is 32.0 Å². The SMILES string of the molecule is C=C(C)c1sc2nccc(N(C)C)c2c1N=CC. The lowest BCUT2D eigenvalue weighted by Gasteiger charge is -2.13. The third-order valence-electron chi connectivity index (χ3n) is 2.67. The Morgan fingerprint density at radius 3 is 2.78 bits per heavy atom. The summed E-state index contributed by atoms with van der Waals surface area (Å²) in [5, 5.41) is 1.11. The number of pyridine rings is 1. The van der Waals surface area contributed by atoms with Gasteiger partial charge in [-0.15, -0.1) is 11.3 Å². The average Bonchev–Trinajstić information content (AvgIpc) is 2.68. The predicted octanol–water partition coefficient (Wildman–Crippen LogP) is 4.12. The minimum Gasteiger partial charge on any atom is -0.377 e. The van der Waals surface area contributed by atoms with Gasteiger partial charge >= 0.3 is 0 Å². The molecule has 0 aliphatic heterocycles. The smallest absolute Gasteiger partial charge is 0.128 e. The maximum absolute atomic E-state index is 4.52. The molecule has 0 atom stereocenters. The van der Waals surface area contributed by atoms with Crippen molar-refractivity contribution in [2.24, 2.45) is 4.99 Å². The van der Waals surface area contributed by atoms with Crippen molar-refractivity contribution < 1.29 is 0 Å². The number of anilines is 1. The molecule has 0 fully saturated rings. The molecule has 0 aromatic carbocycles. The van der Waals surface area contributed by atoms with Crippen LogP contribution in [0.2, 0.25) is 0 Å². The van der Waals surface area contributed by atoms with Crippen LogP contribution in [0.4, 0.5) is 11.4 Å². The Labute approximate surface area is 111 Å². The third-order valence-corrected chi connectivity index (χ3v) is 3.92. The largest absolute Gasteiger partial charge is 0.377 e. The lowest BCUT2D eigenvalue weighted by atomic mass is 10.1. The van der Waals surface area contributed by atoms with Crippen LogP contribution < -0.4 is 4.90 Å². The molecular weight excluding hydrogens is 242 g/mol. The highest BCUT2D eigenvalue weighted by atomic mass is 32.1. The van der Waals surface area contributed by atoms with Gasteiger partial charge in [-0.2, -0.15) is 0 Å². The summed E-state index contributed by atoms with van der Waals surface area (Å²) in [5.74, 6) is 0. The van der Waals surface area contributed by atoms with Gasteiger partial charge in [0.2, 0.25) is 0 Å². The number of nitrogens with zero attached hydrogens (tertiary/aromatic N) is 3. The fourth-order valence-corrected chi connectivity index (χ4v) is 2.94. The van der Waals surface area contributed by atoms with E-state index < -0.39 is 0 Å². The fraction of sp³-hybridized carbons (Fsp3) is 0.286. The number of allylic oxidation sites excluding steroid dienone is 1. The first-order chi connectivity index (χ1) is 8.56. The second-order valence-electron chi connectivity index (χ2n) is 4.35. The molecule has 94 valence electrons. The van der Waals surface area contributed by atoms with Gasteiger partial charge in [-0.3, -0.25) is 4.99 Å². The zero-order valence-electron chi connectivity index (χ0n) is 11.2. The van der Waals surface area contributed by atoms with Crippen molar-refractivity contribution in [2.75, 3.05) is 19.0 Å². The van der Waals surface area contributed by atoms with Crippen LogP contribution in [-0.4, -0.2) is 25.3 Å². The number of hydrogen-bond donors (Lipinski definition) is 0. The average molecular weight is 259 g/mol. The molecule has 0 spiro atoms. The number of aromatic nitrogens is 1. The molecule has 0 radical (unpaired) electrons. The maximum atomic E-state index is 4.52. The molecular formula is C14H17N3S. The zero-order valence-corrected chi connectivity index (χ0v) is 12.0. The maximum Gasteiger partial charge on any atom is 0.128 e. The highest BCUT2D eigenvalue weighted by molar-refractivity contribution is 7.20. The first-order valence-corrected chi connectivity index (χ1v) is 6.61. The van der Waals surface area contributed by atoms with Crippen LogP contribution in [0.25, 0.3) is 15.8 Å². The Morgan fingerprint density at radius 2 is 2.22 bits per heavy atom. The predicted molar refractivity (Wildman–Crippen MR) is 82.5 cm³/mol. The molecule has 0 saturated carbocycles. The summed E-state index contributed by atoms with van der Waals surface area (Å²) in [6.07, 6.45) is 3.66. The minimum absolute atomic E-state index is 0.988. The third kappa shape index (κ3) is 2.04. The van der Waals surface area contributed by atoms with Crippen LogP contribution in [-0.2, 0) is 0 Å². The van der Waals surface area contributed by atoms with Gasteiger partial charge in [0.05, 0.1) is 21.6 Å². The molecule has 3 nitrogen and oxygen atoms in total. The van der Waals surface area contributed by atoms with Crippen LogP contribution in [0.3, 0.4) is 0 Å². The molecule has 0 amide bonds. The van der Waals surface area contributed by atoms with E-state index >= 15 is 0 Å². The zero-order chi connectivity index (χ0) is 13.3. The Balaban J connectivity index is 2.87. The summed E-state index contributed by atoms with van der Waals surface area (Å²) in [5.41, 5.74) is 3.16. The van der Waals surface area contributed by atoms with Gasteiger partial charge in [0.25, 0.3) is 0 Å². The summed E-state index contributed by atoms with van der Waals surface area (Å²) >= 11 is 1.65. The summed E-state index contributed by atoms with van der Waals surface area (Å²) in [7, 11) is 4.07. The van der Waals surface area contributed by atoms with E-state index in [-0.39, 0.29) is 0 Å². The van der Waals surface area contributed by atoms with E-state index in [1.54, 1.807) is 11.3 Å². The molecule has 18 heavy (non-hydrogen) atoms. The molecule has 2 rings (SSSR count). The molecule has 2 heterocycles. The number of aliphatic imine (C=N–C) groups is 1. The molecule has 2 aromatic heterocycles. The van der Waals surface area contributed by atoms with Crippen LogP contribution >= 0.6 is 11.3 Å². The molecule has 0 saturated heterocycles. The normalized spacial score (nSPS) is 11.3. The van der Waals surface area contributed by atoms with E-state index in [1.165, 1.54) is 0 Å². The second-order valence-corrected chi connectivity index (χ2v) is 5.35. The van der Waals surface area contributed by atoms with Gasteiger partial charge in [0.15, 0.2) is 0 Å². The first kappa shape index (κ1) is 12.8. The quantitative estimate of drug-likeness (QED) is 0.776. The van der Waals surface area contributed by atoms with Crippen LogP contribution in [0.1, 0.15) is 18.7 Å². The number of hydrogen-bond acceptors (Lipinski definition) is 4.